The van der Waals surface area contributed by atoms with Gasteiger partial charge in [0.2, 0.25) is 0 Å². The van der Waals surface area contributed by atoms with E-state index in [2.05, 4.69) is 37.2 Å². The van der Waals surface area contributed by atoms with Crippen LogP contribution in [0.5, 0.6) is 0 Å². The molecule has 0 saturated heterocycles. The number of hydrogen-bond donors (Lipinski definition) is 0. The summed E-state index contributed by atoms with van der Waals surface area (Å²) in [6.45, 7) is 10.1. The highest BCUT2D eigenvalue weighted by atomic mass is 15.1. The highest BCUT2D eigenvalue weighted by Crippen LogP contribution is 2.33. The molecule has 1 saturated carbocycles. The predicted molar refractivity (Wildman–Crippen MR) is 58.4 cm³/mol. The molecule has 0 radical (unpaired) electrons. The third-order valence-electron chi connectivity index (χ3n) is 2.88. The molecule has 1 heterocycles. The van der Waals surface area contributed by atoms with Crippen LogP contribution in [-0.4, -0.2) is 9.55 Å². The van der Waals surface area contributed by atoms with Gasteiger partial charge in [-0.1, -0.05) is 20.8 Å². The number of nitrogens with zero attached hydrogens (tertiary/aromatic N) is 2. The van der Waals surface area contributed by atoms with Crippen LogP contribution in [-0.2, 0) is 12.0 Å². The molecule has 0 N–H and O–H groups in total. The topological polar surface area (TPSA) is 17.8 Å². The first kappa shape index (κ1) is 9.75. The molecule has 2 heteroatoms. The fourth-order valence-corrected chi connectivity index (χ4v) is 2.17. The molecule has 0 aliphatic heterocycles. The van der Waals surface area contributed by atoms with Crippen molar-refractivity contribution < 1.29 is 0 Å². The Balaban J connectivity index is 2.29. The van der Waals surface area contributed by atoms with Gasteiger partial charge in [0.05, 0.1) is 12.0 Å². The third kappa shape index (κ3) is 1.84. The monoisotopic (exact) mass is 192 g/mol. The van der Waals surface area contributed by atoms with Crippen LogP contribution in [0.3, 0.4) is 0 Å². The second kappa shape index (κ2) is 3.11. The van der Waals surface area contributed by atoms with E-state index < -0.39 is 0 Å². The van der Waals surface area contributed by atoms with Crippen molar-refractivity contribution in [3.05, 3.63) is 17.7 Å². The standard InChI is InChI=1S/C12H20N2/c1-9-11(12(2,3)4)14(8-13-9)7-10-5-6-10/h8,10H,5-7H2,1-4H3. The molecule has 2 nitrogen and oxygen atoms in total. The fourth-order valence-electron chi connectivity index (χ4n) is 2.17. The van der Waals surface area contributed by atoms with Gasteiger partial charge in [0, 0.05) is 17.7 Å². The van der Waals surface area contributed by atoms with Gasteiger partial charge in [-0.2, -0.15) is 0 Å². The Morgan fingerprint density at radius 1 is 1.43 bits per heavy atom. The Morgan fingerprint density at radius 3 is 2.57 bits per heavy atom. The highest BCUT2D eigenvalue weighted by molar-refractivity contribution is 5.20. The van der Waals surface area contributed by atoms with Crippen LogP contribution in [0.25, 0.3) is 0 Å². The lowest BCUT2D eigenvalue weighted by Gasteiger charge is -2.22. The molecule has 1 aromatic heterocycles. The summed E-state index contributed by atoms with van der Waals surface area (Å²) >= 11 is 0. The second-order valence-corrected chi connectivity index (χ2v) is 5.52. The Hall–Kier alpha value is -0.790. The van der Waals surface area contributed by atoms with Crippen LogP contribution >= 0.6 is 0 Å². The van der Waals surface area contributed by atoms with Crippen molar-refractivity contribution in [1.29, 1.82) is 0 Å². The van der Waals surface area contributed by atoms with Crippen molar-refractivity contribution in [3.63, 3.8) is 0 Å². The first-order chi connectivity index (χ1) is 6.48. The first-order valence-corrected chi connectivity index (χ1v) is 5.50. The number of rotatable bonds is 2. The molecule has 1 aliphatic rings. The van der Waals surface area contributed by atoms with E-state index in [4.69, 9.17) is 0 Å². The van der Waals surface area contributed by atoms with Crippen LogP contribution in [0.4, 0.5) is 0 Å². The van der Waals surface area contributed by atoms with Gasteiger partial charge >= 0.3 is 0 Å². The summed E-state index contributed by atoms with van der Waals surface area (Å²) in [6.07, 6.45) is 4.82. The van der Waals surface area contributed by atoms with Gasteiger partial charge in [-0.3, -0.25) is 0 Å². The normalized spacial score (nSPS) is 17.4. The van der Waals surface area contributed by atoms with Gasteiger partial charge in [-0.05, 0) is 25.7 Å². The van der Waals surface area contributed by atoms with Crippen LogP contribution in [0.1, 0.15) is 45.0 Å². The molecule has 14 heavy (non-hydrogen) atoms. The first-order valence-electron chi connectivity index (χ1n) is 5.50. The molecule has 78 valence electrons. The summed E-state index contributed by atoms with van der Waals surface area (Å²) < 4.78 is 2.35. The van der Waals surface area contributed by atoms with Crippen LogP contribution in [0, 0.1) is 12.8 Å². The molecule has 0 spiro atoms. The molecule has 0 unspecified atom stereocenters. The minimum atomic E-state index is 0.218. The van der Waals surface area contributed by atoms with Crippen molar-refractivity contribution >= 4 is 0 Å². The summed E-state index contributed by atoms with van der Waals surface area (Å²) in [5, 5.41) is 0. The maximum absolute atomic E-state index is 4.43. The zero-order valence-corrected chi connectivity index (χ0v) is 9.67. The van der Waals surface area contributed by atoms with E-state index in [0.717, 1.165) is 5.92 Å². The lowest BCUT2D eigenvalue weighted by Crippen LogP contribution is -2.19. The van der Waals surface area contributed by atoms with Crippen molar-refractivity contribution in [2.24, 2.45) is 5.92 Å². The van der Waals surface area contributed by atoms with Crippen LogP contribution in [0.2, 0.25) is 0 Å². The highest BCUT2D eigenvalue weighted by Gasteiger charge is 2.26. The van der Waals surface area contributed by atoms with Crippen molar-refractivity contribution in [1.82, 2.24) is 9.55 Å². The number of aryl methyl sites for hydroxylation is 1. The molecule has 0 bridgehead atoms. The van der Waals surface area contributed by atoms with Crippen molar-refractivity contribution in [2.45, 2.75) is 52.5 Å². The Labute approximate surface area is 86.3 Å². The molecule has 2 rings (SSSR count). The lowest BCUT2D eigenvalue weighted by molar-refractivity contribution is 0.497. The summed E-state index contributed by atoms with van der Waals surface area (Å²) in [7, 11) is 0. The Bertz CT molecular complexity index is 327. The lowest BCUT2D eigenvalue weighted by atomic mass is 9.90. The van der Waals surface area contributed by atoms with E-state index in [1.165, 1.54) is 30.8 Å². The van der Waals surface area contributed by atoms with Crippen LogP contribution in [0.15, 0.2) is 6.33 Å². The SMILES string of the molecule is Cc1ncn(CC2CC2)c1C(C)(C)C. The van der Waals surface area contributed by atoms with E-state index in [0.29, 0.717) is 0 Å². The molecular formula is C12H20N2. The summed E-state index contributed by atoms with van der Waals surface area (Å²) in [5.74, 6) is 0.921. The number of hydrogen-bond acceptors (Lipinski definition) is 1. The fraction of sp³-hybridized carbons (Fsp3) is 0.750. The average molecular weight is 192 g/mol. The van der Waals surface area contributed by atoms with E-state index >= 15 is 0 Å². The van der Waals surface area contributed by atoms with Gasteiger partial charge in [0.1, 0.15) is 0 Å². The quantitative estimate of drug-likeness (QED) is 0.704. The van der Waals surface area contributed by atoms with Gasteiger partial charge < -0.3 is 4.57 Å². The van der Waals surface area contributed by atoms with Crippen molar-refractivity contribution in [2.75, 3.05) is 0 Å². The van der Waals surface area contributed by atoms with Gasteiger partial charge in [0.15, 0.2) is 0 Å². The Kier molecular flexibility index (Phi) is 2.17. The molecule has 1 fully saturated rings. The zero-order chi connectivity index (χ0) is 10.3. The third-order valence-corrected chi connectivity index (χ3v) is 2.88. The minimum absolute atomic E-state index is 0.218. The van der Waals surface area contributed by atoms with Gasteiger partial charge in [0.25, 0.3) is 0 Å². The van der Waals surface area contributed by atoms with Gasteiger partial charge in [-0.15, -0.1) is 0 Å². The van der Waals surface area contributed by atoms with Crippen LogP contribution < -0.4 is 0 Å². The largest absolute Gasteiger partial charge is 0.334 e. The second-order valence-electron chi connectivity index (χ2n) is 5.52. The zero-order valence-electron chi connectivity index (χ0n) is 9.67. The van der Waals surface area contributed by atoms with Crippen molar-refractivity contribution in [3.8, 4) is 0 Å². The van der Waals surface area contributed by atoms with E-state index in [-0.39, 0.29) is 5.41 Å². The predicted octanol–water partition coefficient (Wildman–Crippen LogP) is 2.90. The maximum Gasteiger partial charge on any atom is 0.0951 e. The molecule has 0 aromatic carbocycles. The molecule has 1 aromatic rings. The number of aromatic nitrogens is 2. The molecule has 0 atom stereocenters. The smallest absolute Gasteiger partial charge is 0.0951 e. The maximum atomic E-state index is 4.43. The van der Waals surface area contributed by atoms with Gasteiger partial charge in [-0.25, -0.2) is 4.98 Å². The van der Waals surface area contributed by atoms with E-state index in [9.17, 15) is 0 Å². The summed E-state index contributed by atoms with van der Waals surface area (Å²) in [6, 6.07) is 0. The Morgan fingerprint density at radius 2 is 2.07 bits per heavy atom. The average Bonchev–Trinajstić information content (AvgIpc) is 2.74. The van der Waals surface area contributed by atoms with E-state index in [1.807, 2.05) is 6.33 Å². The summed E-state index contributed by atoms with van der Waals surface area (Å²) in [5.41, 5.74) is 2.82. The number of imidazole rings is 1. The molecule has 1 aliphatic carbocycles. The summed E-state index contributed by atoms with van der Waals surface area (Å²) in [4.78, 5) is 4.43. The minimum Gasteiger partial charge on any atom is -0.334 e. The molecule has 0 amide bonds. The molecular weight excluding hydrogens is 172 g/mol. The van der Waals surface area contributed by atoms with E-state index in [1.54, 1.807) is 0 Å².